The first-order valence-corrected chi connectivity index (χ1v) is 9.79. The molecule has 0 bridgehead atoms. The van der Waals surface area contributed by atoms with Gasteiger partial charge in [-0.25, -0.2) is 4.79 Å². The minimum Gasteiger partial charge on any atom is -0.378 e. The van der Waals surface area contributed by atoms with E-state index in [1.165, 1.54) is 6.92 Å². The summed E-state index contributed by atoms with van der Waals surface area (Å²) in [4.78, 5) is 31.5. The van der Waals surface area contributed by atoms with Gasteiger partial charge in [-0.2, -0.15) is 5.48 Å². The number of hydroxylamine groups is 1. The van der Waals surface area contributed by atoms with Crippen molar-refractivity contribution in [1.29, 1.82) is 0 Å². The Morgan fingerprint density at radius 2 is 1.47 bits per heavy atom. The van der Waals surface area contributed by atoms with E-state index in [-0.39, 0.29) is 11.2 Å². The summed E-state index contributed by atoms with van der Waals surface area (Å²) in [7, 11) is 0. The Labute approximate surface area is 177 Å². The van der Waals surface area contributed by atoms with Crippen molar-refractivity contribution < 1.29 is 14.4 Å². The van der Waals surface area contributed by atoms with Crippen molar-refractivity contribution in [2.45, 2.75) is 33.1 Å². The van der Waals surface area contributed by atoms with E-state index in [2.05, 4.69) is 32.3 Å². The number of benzene rings is 3. The first kappa shape index (κ1) is 21.1. The van der Waals surface area contributed by atoms with Crippen LogP contribution in [0.15, 0.2) is 78.9 Å². The second-order valence-corrected chi connectivity index (χ2v) is 8.06. The van der Waals surface area contributed by atoms with Gasteiger partial charge in [0.05, 0.1) is 11.4 Å². The molecule has 1 N–H and O–H groups in total. The molecule has 2 amide bonds. The van der Waals surface area contributed by atoms with Crippen LogP contribution >= 0.6 is 0 Å². The van der Waals surface area contributed by atoms with Crippen LogP contribution < -0.4 is 15.2 Å². The molecule has 0 aliphatic carbocycles. The number of ketones is 1. The maximum atomic E-state index is 13.1. The first-order chi connectivity index (χ1) is 14.3. The Bertz CT molecular complexity index is 1020. The zero-order valence-electron chi connectivity index (χ0n) is 17.7. The molecule has 0 saturated carbocycles. The summed E-state index contributed by atoms with van der Waals surface area (Å²) >= 11 is 0. The van der Waals surface area contributed by atoms with Gasteiger partial charge in [0.25, 0.3) is 0 Å². The van der Waals surface area contributed by atoms with E-state index >= 15 is 0 Å². The number of urea groups is 1. The van der Waals surface area contributed by atoms with E-state index in [0.717, 1.165) is 16.9 Å². The van der Waals surface area contributed by atoms with E-state index in [1.807, 2.05) is 48.5 Å². The third-order valence-electron chi connectivity index (χ3n) is 4.70. The molecular formula is C25H26N2O3. The number of anilines is 2. The summed E-state index contributed by atoms with van der Waals surface area (Å²) in [6.45, 7) is 7.90. The van der Waals surface area contributed by atoms with E-state index in [9.17, 15) is 9.59 Å². The Kier molecular flexibility index (Phi) is 6.21. The van der Waals surface area contributed by atoms with E-state index in [0.29, 0.717) is 11.3 Å². The van der Waals surface area contributed by atoms with Crippen molar-refractivity contribution in [3.05, 3.63) is 90.0 Å². The molecule has 3 rings (SSSR count). The Hall–Kier alpha value is -3.60. The zero-order valence-corrected chi connectivity index (χ0v) is 17.7. The van der Waals surface area contributed by atoms with Crippen LogP contribution in [0, 0.1) is 0 Å². The molecule has 0 heterocycles. The summed E-state index contributed by atoms with van der Waals surface area (Å²) in [6.07, 6.45) is 0. The van der Waals surface area contributed by atoms with Crippen LogP contribution in [-0.2, 0) is 5.41 Å². The third kappa shape index (κ3) is 5.06. The van der Waals surface area contributed by atoms with Gasteiger partial charge in [0.1, 0.15) is 0 Å². The summed E-state index contributed by atoms with van der Waals surface area (Å²) in [5, 5.41) is 0. The number of Topliss-reactive ketones (excluding diaryl/α,β-unsaturated/α-hetero) is 1. The fraction of sp³-hybridized carbons (Fsp3) is 0.200. The van der Waals surface area contributed by atoms with Gasteiger partial charge >= 0.3 is 6.03 Å². The van der Waals surface area contributed by atoms with Crippen LogP contribution in [0.4, 0.5) is 16.2 Å². The lowest BCUT2D eigenvalue weighted by Gasteiger charge is -2.26. The van der Waals surface area contributed by atoms with Gasteiger partial charge in [-0.3, -0.25) is 9.69 Å². The fourth-order valence-electron chi connectivity index (χ4n) is 2.98. The number of amides is 2. The Balaban J connectivity index is 1.86. The summed E-state index contributed by atoms with van der Waals surface area (Å²) in [6, 6.07) is 23.5. The molecule has 30 heavy (non-hydrogen) atoms. The molecule has 0 atom stereocenters. The number of carbonyl (C=O) groups excluding carboxylic acids is 2. The number of rotatable bonds is 5. The maximum absolute atomic E-state index is 13.1. The highest BCUT2D eigenvalue weighted by Crippen LogP contribution is 2.30. The highest BCUT2D eigenvalue weighted by atomic mass is 16.7. The Morgan fingerprint density at radius 3 is 2.07 bits per heavy atom. The topological polar surface area (TPSA) is 58.6 Å². The van der Waals surface area contributed by atoms with Crippen LogP contribution in [0.2, 0.25) is 0 Å². The largest absolute Gasteiger partial charge is 0.378 e. The molecule has 5 nitrogen and oxygen atoms in total. The van der Waals surface area contributed by atoms with Crippen LogP contribution in [0.25, 0.3) is 0 Å². The van der Waals surface area contributed by atoms with Crippen molar-refractivity contribution in [2.24, 2.45) is 0 Å². The molecule has 154 valence electrons. The van der Waals surface area contributed by atoms with Gasteiger partial charge in [-0.05, 0) is 66.4 Å². The quantitative estimate of drug-likeness (QED) is 0.419. The van der Waals surface area contributed by atoms with Crippen molar-refractivity contribution in [3.63, 3.8) is 0 Å². The maximum Gasteiger partial charge on any atom is 0.359 e. The Morgan fingerprint density at radius 1 is 0.833 bits per heavy atom. The van der Waals surface area contributed by atoms with Crippen molar-refractivity contribution in [3.8, 4) is 5.75 Å². The van der Waals surface area contributed by atoms with Crippen molar-refractivity contribution >= 4 is 23.2 Å². The van der Waals surface area contributed by atoms with Crippen LogP contribution in [-0.4, -0.2) is 11.8 Å². The molecule has 0 aromatic heterocycles. The van der Waals surface area contributed by atoms with Gasteiger partial charge in [0.2, 0.25) is 0 Å². The monoisotopic (exact) mass is 402 g/mol. The zero-order chi connectivity index (χ0) is 21.7. The van der Waals surface area contributed by atoms with Gasteiger partial charge in [0.15, 0.2) is 11.5 Å². The molecule has 5 heteroatoms. The number of para-hydroxylation sites is 1. The minimum absolute atomic E-state index is 0.0282. The molecule has 0 unspecified atom stereocenters. The average molecular weight is 402 g/mol. The number of hydrogen-bond donors (Lipinski definition) is 1. The van der Waals surface area contributed by atoms with Crippen molar-refractivity contribution in [2.75, 3.05) is 4.90 Å². The molecule has 0 aliphatic rings. The smallest absolute Gasteiger partial charge is 0.359 e. The van der Waals surface area contributed by atoms with Crippen LogP contribution in [0.3, 0.4) is 0 Å². The van der Waals surface area contributed by atoms with E-state index in [4.69, 9.17) is 4.84 Å². The summed E-state index contributed by atoms with van der Waals surface area (Å²) in [5.41, 5.74) is 5.61. The van der Waals surface area contributed by atoms with Crippen LogP contribution in [0.5, 0.6) is 5.75 Å². The predicted octanol–water partition coefficient (Wildman–Crippen LogP) is 6.03. The number of nitrogens with one attached hydrogen (secondary N) is 1. The first-order valence-electron chi connectivity index (χ1n) is 9.79. The number of carbonyl (C=O) groups is 2. The average Bonchev–Trinajstić information content (AvgIpc) is 2.73. The van der Waals surface area contributed by atoms with Gasteiger partial charge in [-0.1, -0.05) is 51.1 Å². The van der Waals surface area contributed by atoms with E-state index in [1.54, 1.807) is 29.2 Å². The molecule has 0 radical (unpaired) electrons. The number of nitrogens with zero attached hydrogens (tertiary/aromatic N) is 1. The van der Waals surface area contributed by atoms with Crippen molar-refractivity contribution in [1.82, 2.24) is 5.48 Å². The molecule has 3 aromatic rings. The second kappa shape index (κ2) is 8.82. The van der Waals surface area contributed by atoms with Gasteiger partial charge in [-0.15, -0.1) is 0 Å². The highest BCUT2D eigenvalue weighted by Gasteiger charge is 2.21. The molecule has 0 aliphatic heterocycles. The summed E-state index contributed by atoms with van der Waals surface area (Å²) in [5.74, 6) is 0.407. The fourth-order valence-corrected chi connectivity index (χ4v) is 2.98. The predicted molar refractivity (Wildman–Crippen MR) is 119 cm³/mol. The van der Waals surface area contributed by atoms with Gasteiger partial charge < -0.3 is 4.84 Å². The lowest BCUT2D eigenvalue weighted by atomic mass is 9.87. The molecule has 0 spiro atoms. The van der Waals surface area contributed by atoms with Crippen LogP contribution in [0.1, 0.15) is 43.6 Å². The molecular weight excluding hydrogens is 376 g/mol. The highest BCUT2D eigenvalue weighted by molar-refractivity contribution is 5.99. The number of hydrogen-bond acceptors (Lipinski definition) is 3. The lowest BCUT2D eigenvalue weighted by Crippen LogP contribution is -2.39. The summed E-state index contributed by atoms with van der Waals surface area (Å²) < 4.78 is 0. The van der Waals surface area contributed by atoms with Gasteiger partial charge in [0, 0.05) is 5.56 Å². The lowest BCUT2D eigenvalue weighted by molar-refractivity contribution is 0.101. The standard InChI is InChI=1S/C25H26N2O3/c1-18(28)19-13-15-23(16-14-19)30-26-24(29)27(21-10-6-5-7-11-21)22-12-8-9-20(17-22)25(2,3)4/h5-17H,1-4H3,(H,26,29). The second-order valence-electron chi connectivity index (χ2n) is 8.06. The normalized spacial score (nSPS) is 10.9. The molecule has 0 fully saturated rings. The molecule has 3 aromatic carbocycles. The SMILES string of the molecule is CC(=O)c1ccc(ONC(=O)N(c2ccccc2)c2cccc(C(C)(C)C)c2)cc1. The minimum atomic E-state index is -0.428. The molecule has 0 saturated heterocycles. The van der Waals surface area contributed by atoms with E-state index < -0.39 is 6.03 Å². The third-order valence-corrected chi connectivity index (χ3v) is 4.70.